The highest BCUT2D eigenvalue weighted by Gasteiger charge is 2.33. The van der Waals surface area contributed by atoms with E-state index in [1.54, 1.807) is 7.11 Å². The van der Waals surface area contributed by atoms with Crippen LogP contribution < -0.4 is 10.1 Å². The molecule has 1 aliphatic rings. The van der Waals surface area contributed by atoms with Crippen LogP contribution in [0.2, 0.25) is 0 Å². The lowest BCUT2D eigenvalue weighted by Crippen LogP contribution is -2.23. The van der Waals surface area contributed by atoms with Gasteiger partial charge >= 0.3 is 0 Å². The molecule has 1 N–H and O–H groups in total. The van der Waals surface area contributed by atoms with E-state index in [1.165, 1.54) is 5.56 Å². The lowest BCUT2D eigenvalue weighted by molar-refractivity contribution is 0.0363. The number of hydrogen-bond acceptors (Lipinski definition) is 3. The van der Waals surface area contributed by atoms with Crippen LogP contribution in [0.25, 0.3) is 0 Å². The third-order valence-corrected chi connectivity index (χ3v) is 3.70. The van der Waals surface area contributed by atoms with Gasteiger partial charge in [0.1, 0.15) is 18.1 Å². The van der Waals surface area contributed by atoms with Crippen LogP contribution in [0.1, 0.15) is 30.4 Å². The molecule has 0 spiro atoms. The summed E-state index contributed by atoms with van der Waals surface area (Å²) < 4.78 is 11.3. The van der Waals surface area contributed by atoms with E-state index in [0.717, 1.165) is 11.3 Å². The van der Waals surface area contributed by atoms with Gasteiger partial charge in [0.25, 0.3) is 0 Å². The molecule has 3 rings (SSSR count). The number of benzene rings is 2. The van der Waals surface area contributed by atoms with Gasteiger partial charge in [0, 0.05) is 6.04 Å². The molecule has 0 aliphatic carbocycles. The Morgan fingerprint density at radius 1 is 0.950 bits per heavy atom. The van der Waals surface area contributed by atoms with Crippen molar-refractivity contribution in [2.75, 3.05) is 7.11 Å². The van der Waals surface area contributed by atoms with Crippen molar-refractivity contribution in [1.29, 1.82) is 0 Å². The minimum Gasteiger partial charge on any atom is -0.497 e. The standard InChI is InChI=1S/C17H19NO2/c1-12-16(13-6-4-3-5-7-13)20-17(18-12)14-8-10-15(19-2)11-9-14/h3-12,16-18H,1-2H3/t12-,16-,17-/m0/s1. The molecular weight excluding hydrogens is 250 g/mol. The Balaban J connectivity index is 1.77. The Morgan fingerprint density at radius 3 is 2.30 bits per heavy atom. The summed E-state index contributed by atoms with van der Waals surface area (Å²) in [7, 11) is 1.67. The molecule has 3 nitrogen and oxygen atoms in total. The quantitative estimate of drug-likeness (QED) is 0.926. The molecular formula is C17H19NO2. The second kappa shape index (κ2) is 5.65. The summed E-state index contributed by atoms with van der Waals surface area (Å²) in [6, 6.07) is 18.6. The molecule has 1 fully saturated rings. The van der Waals surface area contributed by atoms with E-state index in [4.69, 9.17) is 9.47 Å². The lowest BCUT2D eigenvalue weighted by Gasteiger charge is -2.14. The van der Waals surface area contributed by atoms with Crippen molar-refractivity contribution >= 4 is 0 Å². The van der Waals surface area contributed by atoms with Crippen molar-refractivity contribution in [2.24, 2.45) is 0 Å². The van der Waals surface area contributed by atoms with Gasteiger partial charge in [-0.1, -0.05) is 42.5 Å². The normalized spacial score (nSPS) is 25.6. The minimum absolute atomic E-state index is 0.0684. The van der Waals surface area contributed by atoms with Gasteiger partial charge in [0.15, 0.2) is 0 Å². The Morgan fingerprint density at radius 2 is 1.65 bits per heavy atom. The minimum atomic E-state index is -0.0684. The maximum atomic E-state index is 6.17. The fraction of sp³-hybridized carbons (Fsp3) is 0.294. The SMILES string of the molecule is COc1ccc([C@H]2N[C@@H](C)[C@@H](c3ccccc3)O2)cc1. The summed E-state index contributed by atoms with van der Waals surface area (Å²) >= 11 is 0. The van der Waals surface area contributed by atoms with Crippen molar-refractivity contribution < 1.29 is 9.47 Å². The van der Waals surface area contributed by atoms with Gasteiger partial charge in [-0.25, -0.2) is 0 Å². The summed E-state index contributed by atoms with van der Waals surface area (Å²) in [5.41, 5.74) is 2.33. The highest BCUT2D eigenvalue weighted by atomic mass is 16.5. The zero-order valence-corrected chi connectivity index (χ0v) is 11.7. The molecule has 104 valence electrons. The van der Waals surface area contributed by atoms with Crippen molar-refractivity contribution in [3.63, 3.8) is 0 Å². The summed E-state index contributed by atoms with van der Waals surface area (Å²) in [6.07, 6.45) is 0.0180. The number of rotatable bonds is 3. The molecule has 3 atom stereocenters. The number of nitrogens with one attached hydrogen (secondary N) is 1. The van der Waals surface area contributed by atoms with E-state index < -0.39 is 0 Å². The highest BCUT2D eigenvalue weighted by Crippen LogP contribution is 2.35. The first kappa shape index (κ1) is 13.2. The molecule has 0 bridgehead atoms. The summed E-state index contributed by atoms with van der Waals surface area (Å²) in [5.74, 6) is 0.861. The van der Waals surface area contributed by atoms with Gasteiger partial charge in [-0.05, 0) is 30.2 Å². The van der Waals surface area contributed by atoms with Gasteiger partial charge < -0.3 is 9.47 Å². The van der Waals surface area contributed by atoms with Crippen molar-refractivity contribution in [2.45, 2.75) is 25.3 Å². The predicted octanol–water partition coefficient (Wildman–Crippen LogP) is 3.44. The Labute approximate surface area is 119 Å². The monoisotopic (exact) mass is 269 g/mol. The number of hydrogen-bond donors (Lipinski definition) is 1. The molecule has 1 aliphatic heterocycles. The highest BCUT2D eigenvalue weighted by molar-refractivity contribution is 5.29. The first-order valence-corrected chi connectivity index (χ1v) is 6.88. The van der Waals surface area contributed by atoms with Gasteiger partial charge in [-0.3, -0.25) is 5.32 Å². The van der Waals surface area contributed by atoms with Gasteiger partial charge in [0.2, 0.25) is 0 Å². The van der Waals surface area contributed by atoms with Crippen molar-refractivity contribution in [1.82, 2.24) is 5.32 Å². The van der Waals surface area contributed by atoms with E-state index in [9.17, 15) is 0 Å². The van der Waals surface area contributed by atoms with Crippen LogP contribution in [0.15, 0.2) is 54.6 Å². The molecule has 3 heteroatoms. The van der Waals surface area contributed by atoms with Crippen LogP contribution in [-0.2, 0) is 4.74 Å². The first-order valence-electron chi connectivity index (χ1n) is 6.88. The van der Waals surface area contributed by atoms with E-state index in [0.29, 0.717) is 0 Å². The van der Waals surface area contributed by atoms with Crippen molar-refractivity contribution in [3.05, 3.63) is 65.7 Å². The fourth-order valence-corrected chi connectivity index (χ4v) is 2.59. The Kier molecular flexibility index (Phi) is 3.72. The van der Waals surface area contributed by atoms with Crippen LogP contribution in [-0.4, -0.2) is 13.2 Å². The molecule has 2 aromatic carbocycles. The third kappa shape index (κ3) is 2.55. The second-order valence-corrected chi connectivity index (χ2v) is 5.08. The maximum absolute atomic E-state index is 6.17. The fourth-order valence-electron chi connectivity index (χ4n) is 2.59. The molecule has 0 amide bonds. The molecule has 1 heterocycles. The molecule has 1 saturated heterocycles. The molecule has 0 radical (unpaired) electrons. The average molecular weight is 269 g/mol. The lowest BCUT2D eigenvalue weighted by atomic mass is 10.0. The van der Waals surface area contributed by atoms with Crippen LogP contribution >= 0.6 is 0 Å². The molecule has 0 saturated carbocycles. The average Bonchev–Trinajstić information content (AvgIpc) is 2.90. The largest absolute Gasteiger partial charge is 0.497 e. The third-order valence-electron chi connectivity index (χ3n) is 3.70. The summed E-state index contributed by atoms with van der Waals surface area (Å²) in [6.45, 7) is 2.15. The zero-order chi connectivity index (χ0) is 13.9. The van der Waals surface area contributed by atoms with Crippen LogP contribution in [0.3, 0.4) is 0 Å². The smallest absolute Gasteiger partial charge is 0.135 e. The van der Waals surface area contributed by atoms with E-state index in [-0.39, 0.29) is 18.4 Å². The Bertz CT molecular complexity index is 553. The zero-order valence-electron chi connectivity index (χ0n) is 11.7. The number of methoxy groups -OCH3 is 1. The van der Waals surface area contributed by atoms with E-state index >= 15 is 0 Å². The second-order valence-electron chi connectivity index (χ2n) is 5.08. The van der Waals surface area contributed by atoms with Crippen LogP contribution in [0.5, 0.6) is 5.75 Å². The Hall–Kier alpha value is -1.84. The van der Waals surface area contributed by atoms with Gasteiger partial charge in [-0.2, -0.15) is 0 Å². The predicted molar refractivity (Wildman–Crippen MR) is 78.6 cm³/mol. The number of ether oxygens (including phenoxy) is 2. The van der Waals surface area contributed by atoms with Crippen LogP contribution in [0.4, 0.5) is 0 Å². The van der Waals surface area contributed by atoms with Crippen LogP contribution in [0, 0.1) is 0 Å². The molecule has 0 aromatic heterocycles. The summed E-state index contributed by atoms with van der Waals surface area (Å²) in [4.78, 5) is 0. The van der Waals surface area contributed by atoms with Crippen molar-refractivity contribution in [3.8, 4) is 5.75 Å². The topological polar surface area (TPSA) is 30.5 Å². The van der Waals surface area contributed by atoms with E-state index in [2.05, 4.69) is 24.4 Å². The molecule has 20 heavy (non-hydrogen) atoms. The van der Waals surface area contributed by atoms with Gasteiger partial charge in [-0.15, -0.1) is 0 Å². The molecule has 2 aromatic rings. The first-order chi connectivity index (χ1) is 9.78. The molecule has 0 unspecified atom stereocenters. The maximum Gasteiger partial charge on any atom is 0.135 e. The van der Waals surface area contributed by atoms with Gasteiger partial charge in [0.05, 0.1) is 7.11 Å². The summed E-state index contributed by atoms with van der Waals surface area (Å²) in [5, 5.41) is 3.49. The van der Waals surface area contributed by atoms with E-state index in [1.807, 2.05) is 42.5 Å².